The quantitative estimate of drug-likeness (QED) is 0.739. The molecule has 2 N–H and O–H groups in total. The van der Waals surface area contributed by atoms with Gasteiger partial charge >= 0.3 is 0 Å². The molecule has 0 aliphatic carbocycles. The standard InChI is InChI=1S/C13H19NO3S/c1-10(9-15)14-13(16)7-8-18-12-5-3-11(17-2)4-6-12/h3-6,10,15H,7-9H2,1-2H3,(H,14,16). The lowest BCUT2D eigenvalue weighted by Gasteiger charge is -2.10. The van der Waals surface area contributed by atoms with Gasteiger partial charge in [-0.15, -0.1) is 11.8 Å². The van der Waals surface area contributed by atoms with Crippen LogP contribution < -0.4 is 10.1 Å². The van der Waals surface area contributed by atoms with Gasteiger partial charge in [0.25, 0.3) is 0 Å². The first-order valence-corrected chi connectivity index (χ1v) is 6.81. The summed E-state index contributed by atoms with van der Waals surface area (Å²) in [5.74, 6) is 1.52. The molecule has 1 aromatic rings. The SMILES string of the molecule is COc1ccc(SCCC(=O)NC(C)CO)cc1. The Morgan fingerprint density at radius 1 is 1.44 bits per heavy atom. The Balaban J connectivity index is 2.26. The van der Waals surface area contributed by atoms with Crippen molar-refractivity contribution in [2.75, 3.05) is 19.5 Å². The van der Waals surface area contributed by atoms with Crippen LogP contribution in [0.4, 0.5) is 0 Å². The maximum absolute atomic E-state index is 11.4. The highest BCUT2D eigenvalue weighted by Gasteiger charge is 2.06. The zero-order chi connectivity index (χ0) is 13.4. The van der Waals surface area contributed by atoms with Gasteiger partial charge < -0.3 is 15.2 Å². The number of benzene rings is 1. The van der Waals surface area contributed by atoms with Crippen LogP contribution in [-0.4, -0.2) is 36.5 Å². The Hall–Kier alpha value is -1.20. The number of rotatable bonds is 7. The summed E-state index contributed by atoms with van der Waals surface area (Å²) in [4.78, 5) is 12.6. The second-order valence-corrected chi connectivity index (χ2v) is 5.09. The van der Waals surface area contributed by atoms with Crippen molar-refractivity contribution in [3.05, 3.63) is 24.3 Å². The van der Waals surface area contributed by atoms with Gasteiger partial charge in [0.1, 0.15) is 5.75 Å². The van der Waals surface area contributed by atoms with Crippen LogP contribution in [-0.2, 0) is 4.79 Å². The molecule has 0 bridgehead atoms. The minimum atomic E-state index is -0.177. The molecule has 1 rings (SSSR count). The predicted molar refractivity (Wildman–Crippen MR) is 73.0 cm³/mol. The van der Waals surface area contributed by atoms with Crippen LogP contribution in [0.15, 0.2) is 29.2 Å². The minimum Gasteiger partial charge on any atom is -0.497 e. The molecule has 0 spiro atoms. The van der Waals surface area contributed by atoms with Crippen LogP contribution in [0.5, 0.6) is 5.75 Å². The lowest BCUT2D eigenvalue weighted by Crippen LogP contribution is -2.35. The van der Waals surface area contributed by atoms with Gasteiger partial charge in [0, 0.05) is 23.1 Å². The van der Waals surface area contributed by atoms with Crippen molar-refractivity contribution in [2.45, 2.75) is 24.3 Å². The van der Waals surface area contributed by atoms with E-state index in [0.29, 0.717) is 6.42 Å². The summed E-state index contributed by atoms with van der Waals surface area (Å²) >= 11 is 1.62. The number of methoxy groups -OCH3 is 1. The summed E-state index contributed by atoms with van der Waals surface area (Å²) < 4.78 is 5.07. The molecule has 0 fully saturated rings. The second kappa shape index (κ2) is 8.00. The Morgan fingerprint density at radius 2 is 2.11 bits per heavy atom. The number of hydrogen-bond donors (Lipinski definition) is 2. The van der Waals surface area contributed by atoms with E-state index in [4.69, 9.17) is 9.84 Å². The Labute approximate surface area is 112 Å². The number of nitrogens with one attached hydrogen (secondary N) is 1. The topological polar surface area (TPSA) is 58.6 Å². The average Bonchev–Trinajstić information content (AvgIpc) is 2.39. The number of aliphatic hydroxyl groups is 1. The maximum atomic E-state index is 11.4. The molecule has 4 nitrogen and oxygen atoms in total. The molecule has 1 amide bonds. The minimum absolute atomic E-state index is 0.0300. The van der Waals surface area contributed by atoms with Crippen LogP contribution >= 0.6 is 11.8 Å². The highest BCUT2D eigenvalue weighted by atomic mass is 32.2. The fourth-order valence-corrected chi connectivity index (χ4v) is 2.18. The molecule has 0 heterocycles. The molecule has 18 heavy (non-hydrogen) atoms. The molecule has 0 aliphatic heterocycles. The molecular formula is C13H19NO3S. The first-order valence-electron chi connectivity index (χ1n) is 5.82. The van der Waals surface area contributed by atoms with E-state index in [-0.39, 0.29) is 18.6 Å². The van der Waals surface area contributed by atoms with Gasteiger partial charge in [0.15, 0.2) is 0 Å². The molecule has 0 aromatic heterocycles. The van der Waals surface area contributed by atoms with Gasteiger partial charge in [-0.05, 0) is 31.2 Å². The Bertz CT molecular complexity index is 367. The summed E-state index contributed by atoms with van der Waals surface area (Å²) in [6.45, 7) is 1.74. The number of carbonyl (C=O) groups is 1. The first kappa shape index (κ1) is 14.9. The third-order valence-corrected chi connectivity index (χ3v) is 3.35. The molecule has 1 unspecified atom stereocenters. The lowest BCUT2D eigenvalue weighted by molar-refractivity contribution is -0.121. The number of thioether (sulfide) groups is 1. The summed E-state index contributed by atoms with van der Waals surface area (Å²) in [5, 5.41) is 11.5. The molecule has 0 saturated carbocycles. The summed E-state index contributed by atoms with van der Waals surface area (Å²) in [6, 6.07) is 7.56. The lowest BCUT2D eigenvalue weighted by atomic mass is 10.3. The Kier molecular flexibility index (Phi) is 6.60. The molecule has 100 valence electrons. The third kappa shape index (κ3) is 5.42. The van der Waals surface area contributed by atoms with Crippen molar-refractivity contribution in [3.63, 3.8) is 0 Å². The molecule has 0 aliphatic rings. The van der Waals surface area contributed by atoms with Crippen LogP contribution in [0.2, 0.25) is 0 Å². The zero-order valence-corrected chi connectivity index (χ0v) is 11.5. The van der Waals surface area contributed by atoms with E-state index in [2.05, 4.69) is 5.32 Å². The summed E-state index contributed by atoms with van der Waals surface area (Å²) in [7, 11) is 1.63. The first-order chi connectivity index (χ1) is 8.65. The molecule has 0 saturated heterocycles. The monoisotopic (exact) mass is 269 g/mol. The largest absolute Gasteiger partial charge is 0.497 e. The number of ether oxygens (including phenoxy) is 1. The van der Waals surface area contributed by atoms with Crippen molar-refractivity contribution in [3.8, 4) is 5.75 Å². The fourth-order valence-electron chi connectivity index (χ4n) is 1.33. The number of carbonyl (C=O) groups excluding carboxylic acids is 1. The number of amides is 1. The highest BCUT2D eigenvalue weighted by Crippen LogP contribution is 2.21. The second-order valence-electron chi connectivity index (χ2n) is 3.93. The van der Waals surface area contributed by atoms with E-state index in [0.717, 1.165) is 16.4 Å². The number of hydrogen-bond acceptors (Lipinski definition) is 4. The number of aliphatic hydroxyl groups excluding tert-OH is 1. The summed E-state index contributed by atoms with van der Waals surface area (Å²) in [6.07, 6.45) is 0.445. The van der Waals surface area contributed by atoms with Gasteiger partial charge in [-0.25, -0.2) is 0 Å². The van der Waals surface area contributed by atoms with Crippen LogP contribution in [0.3, 0.4) is 0 Å². The van der Waals surface area contributed by atoms with E-state index in [1.165, 1.54) is 0 Å². The average molecular weight is 269 g/mol. The van der Waals surface area contributed by atoms with Crippen molar-refractivity contribution in [1.29, 1.82) is 0 Å². The van der Waals surface area contributed by atoms with Gasteiger partial charge in [-0.3, -0.25) is 4.79 Å². The molecular weight excluding hydrogens is 250 g/mol. The van der Waals surface area contributed by atoms with E-state index in [9.17, 15) is 4.79 Å². The van der Waals surface area contributed by atoms with E-state index in [1.54, 1.807) is 25.8 Å². The van der Waals surface area contributed by atoms with E-state index < -0.39 is 0 Å². The summed E-state index contributed by atoms with van der Waals surface area (Å²) in [5.41, 5.74) is 0. The zero-order valence-electron chi connectivity index (χ0n) is 10.7. The highest BCUT2D eigenvalue weighted by molar-refractivity contribution is 7.99. The fraction of sp³-hybridized carbons (Fsp3) is 0.462. The van der Waals surface area contributed by atoms with Gasteiger partial charge in [0.05, 0.1) is 13.7 Å². The van der Waals surface area contributed by atoms with Gasteiger partial charge in [-0.2, -0.15) is 0 Å². The molecule has 1 aromatic carbocycles. The van der Waals surface area contributed by atoms with Crippen LogP contribution in [0.1, 0.15) is 13.3 Å². The van der Waals surface area contributed by atoms with Crippen molar-refractivity contribution in [2.24, 2.45) is 0 Å². The normalized spacial score (nSPS) is 11.9. The van der Waals surface area contributed by atoms with Crippen LogP contribution in [0.25, 0.3) is 0 Å². The smallest absolute Gasteiger partial charge is 0.221 e. The molecule has 0 radical (unpaired) electrons. The van der Waals surface area contributed by atoms with Crippen molar-refractivity contribution >= 4 is 17.7 Å². The molecule has 5 heteroatoms. The van der Waals surface area contributed by atoms with E-state index in [1.807, 2.05) is 24.3 Å². The van der Waals surface area contributed by atoms with Gasteiger partial charge in [-0.1, -0.05) is 0 Å². The Morgan fingerprint density at radius 3 is 2.67 bits per heavy atom. The molecule has 1 atom stereocenters. The predicted octanol–water partition coefficient (Wildman–Crippen LogP) is 1.67. The third-order valence-electron chi connectivity index (χ3n) is 2.34. The van der Waals surface area contributed by atoms with Crippen molar-refractivity contribution < 1.29 is 14.6 Å². The van der Waals surface area contributed by atoms with E-state index >= 15 is 0 Å². The maximum Gasteiger partial charge on any atom is 0.221 e. The van der Waals surface area contributed by atoms with Crippen LogP contribution in [0, 0.1) is 0 Å². The van der Waals surface area contributed by atoms with Crippen molar-refractivity contribution in [1.82, 2.24) is 5.32 Å². The van der Waals surface area contributed by atoms with Gasteiger partial charge in [0.2, 0.25) is 5.91 Å².